The summed E-state index contributed by atoms with van der Waals surface area (Å²) in [6.07, 6.45) is -3.28. The fourth-order valence-corrected chi connectivity index (χ4v) is 6.90. The van der Waals surface area contributed by atoms with E-state index in [4.69, 9.17) is 15.2 Å². The summed E-state index contributed by atoms with van der Waals surface area (Å²) in [7, 11) is 0. The van der Waals surface area contributed by atoms with Crippen LogP contribution in [0.25, 0.3) is 44.1 Å². The first-order valence-corrected chi connectivity index (χ1v) is 20.0. The van der Waals surface area contributed by atoms with Crippen LogP contribution >= 0.6 is 0 Å². The number of halogens is 6. The molecule has 0 aliphatic heterocycles. The van der Waals surface area contributed by atoms with Crippen LogP contribution in [0.3, 0.4) is 0 Å². The summed E-state index contributed by atoms with van der Waals surface area (Å²) in [6.45, 7) is 0. The molecule has 4 N–H and O–H groups in total. The second kappa shape index (κ2) is 18.8. The van der Waals surface area contributed by atoms with E-state index in [1.54, 1.807) is 59.3 Å². The Morgan fingerprint density at radius 1 is 0.591 bits per heavy atom. The van der Waals surface area contributed by atoms with Crippen LogP contribution in [0.15, 0.2) is 189 Å². The van der Waals surface area contributed by atoms with Crippen molar-refractivity contribution in [3.63, 3.8) is 0 Å². The fraction of sp³-hybridized carbons (Fsp3) is 0.0600. The molecule has 332 valence electrons. The van der Waals surface area contributed by atoms with Crippen LogP contribution in [0.1, 0.15) is 22.8 Å². The normalized spacial score (nSPS) is 11.9. The van der Waals surface area contributed by atoms with E-state index in [9.17, 15) is 36.2 Å². The third kappa shape index (κ3) is 10.2. The molecule has 10 aromatic rings. The quantitative estimate of drug-likeness (QED) is 0.130. The smallest absolute Gasteiger partial charge is 0.417 e. The molecule has 10 nitrogen and oxygen atoms in total. The topological polar surface area (TPSA) is 133 Å². The lowest BCUT2D eigenvalue weighted by molar-refractivity contribution is -0.138. The number of amides is 1. The summed E-state index contributed by atoms with van der Waals surface area (Å²) in [4.78, 5) is 22.0. The molecular formula is C50H36F6N6O4. The first kappa shape index (κ1) is 44.2. The second-order valence-corrected chi connectivity index (χ2v) is 14.5. The molecule has 66 heavy (non-hydrogen) atoms. The number of aromatic nitrogens is 5. The molecule has 16 heteroatoms. The Kier molecular flexibility index (Phi) is 12.6. The highest BCUT2D eigenvalue weighted by Gasteiger charge is 2.31. The number of H-pyrrole nitrogens is 1. The number of para-hydroxylation sites is 3. The largest absolute Gasteiger partial charge is 0.439 e. The van der Waals surface area contributed by atoms with Gasteiger partial charge in [-0.1, -0.05) is 54.6 Å². The van der Waals surface area contributed by atoms with Gasteiger partial charge in [-0.15, -0.1) is 0 Å². The number of nitrogens with zero attached hydrogens (tertiary/aromatic N) is 4. The van der Waals surface area contributed by atoms with Gasteiger partial charge < -0.3 is 34.4 Å². The molecule has 5 aromatic heterocycles. The molecule has 0 saturated carbocycles. The SMILES string of the molecule is FC(F)(F)c1ccc(Oc2ccc(-n3ccc4ccccc43)cc2)nc1.NC(=O)C(O)c1cn(-c2ccc(Oc3ccc(C(F)(F)F)cn3)cc2)c2ccccc12.c1ccc2[nH]ccc2c1. The molecule has 1 atom stereocenters. The van der Waals surface area contributed by atoms with Crippen LogP contribution in [0.5, 0.6) is 23.3 Å². The summed E-state index contributed by atoms with van der Waals surface area (Å²) >= 11 is 0. The molecule has 1 unspecified atom stereocenters. The third-order valence-electron chi connectivity index (χ3n) is 10.2. The Bertz CT molecular complexity index is 3190. The van der Waals surface area contributed by atoms with Gasteiger partial charge in [-0.25, -0.2) is 9.97 Å². The number of aromatic amines is 1. The first-order valence-electron chi connectivity index (χ1n) is 20.0. The van der Waals surface area contributed by atoms with E-state index in [2.05, 4.69) is 37.7 Å². The van der Waals surface area contributed by atoms with Gasteiger partial charge in [-0.2, -0.15) is 26.3 Å². The zero-order chi connectivity index (χ0) is 46.4. The predicted molar refractivity (Wildman–Crippen MR) is 238 cm³/mol. The number of rotatable bonds is 8. The summed E-state index contributed by atoms with van der Waals surface area (Å²) < 4.78 is 90.4. The average molecular weight is 899 g/mol. The highest BCUT2D eigenvalue weighted by atomic mass is 19.4. The number of pyridine rings is 2. The Balaban J connectivity index is 0.000000152. The maximum absolute atomic E-state index is 12.6. The number of ether oxygens (including phenoxy) is 2. The van der Waals surface area contributed by atoms with Crippen molar-refractivity contribution in [1.29, 1.82) is 0 Å². The molecule has 0 saturated heterocycles. The van der Waals surface area contributed by atoms with Crippen LogP contribution in [-0.2, 0) is 17.1 Å². The highest BCUT2D eigenvalue weighted by Crippen LogP contribution is 2.33. The Labute approximate surface area is 371 Å². The lowest BCUT2D eigenvalue weighted by atomic mass is 10.1. The van der Waals surface area contributed by atoms with E-state index >= 15 is 0 Å². The second-order valence-electron chi connectivity index (χ2n) is 14.5. The number of hydrogen-bond donors (Lipinski definition) is 3. The number of hydrogen-bond acceptors (Lipinski definition) is 6. The lowest BCUT2D eigenvalue weighted by Gasteiger charge is -2.09. The molecule has 10 rings (SSSR count). The lowest BCUT2D eigenvalue weighted by Crippen LogP contribution is -2.20. The summed E-state index contributed by atoms with van der Waals surface area (Å²) in [5, 5.41) is 13.2. The third-order valence-corrected chi connectivity index (χ3v) is 10.2. The number of benzene rings is 5. The van der Waals surface area contributed by atoms with Crippen molar-refractivity contribution in [2.75, 3.05) is 0 Å². The standard InChI is InChI=1S/C22H16F3N3O3.C20H13F3N2O.C8H7N/c23-22(24,25)13-5-10-19(27-11-13)31-15-8-6-14(7-9-15)28-12-17(20(29)21(26)30)16-3-1-2-4-18(16)28;21-20(22,23)15-5-10-19(24-13-15)26-17-8-6-16(7-9-17)25-12-11-14-3-1-2-4-18(14)25;1-2-4-8-7(3-1)5-6-9-8/h1-12,20,29H,(H2,26,30);1-13H;1-6,9H. The minimum absolute atomic E-state index is 0.0269. The van der Waals surface area contributed by atoms with Crippen molar-refractivity contribution in [3.8, 4) is 34.6 Å². The molecule has 0 aliphatic rings. The van der Waals surface area contributed by atoms with Crippen LogP contribution in [-0.4, -0.2) is 35.1 Å². The number of aliphatic hydroxyl groups excluding tert-OH is 1. The predicted octanol–water partition coefficient (Wildman–Crippen LogP) is 12.4. The summed E-state index contributed by atoms with van der Waals surface area (Å²) in [5.74, 6) is 0.161. The molecular weight excluding hydrogens is 863 g/mol. The van der Waals surface area contributed by atoms with Gasteiger partial charge >= 0.3 is 12.4 Å². The van der Waals surface area contributed by atoms with E-state index in [-0.39, 0.29) is 11.8 Å². The molecule has 0 radical (unpaired) electrons. The van der Waals surface area contributed by atoms with E-state index in [0.717, 1.165) is 46.5 Å². The number of nitrogens with one attached hydrogen (secondary N) is 1. The van der Waals surface area contributed by atoms with E-state index in [1.165, 1.54) is 17.0 Å². The van der Waals surface area contributed by atoms with Gasteiger partial charge in [0.15, 0.2) is 6.10 Å². The van der Waals surface area contributed by atoms with Crippen LogP contribution in [0.2, 0.25) is 0 Å². The molecule has 0 bridgehead atoms. The van der Waals surface area contributed by atoms with Crippen molar-refractivity contribution < 1.29 is 45.7 Å². The molecule has 5 heterocycles. The van der Waals surface area contributed by atoms with Gasteiger partial charge in [0, 0.05) is 71.0 Å². The number of nitrogens with two attached hydrogens (primary N) is 1. The number of fused-ring (bicyclic) bond motifs is 3. The van der Waals surface area contributed by atoms with Crippen LogP contribution in [0, 0.1) is 0 Å². The zero-order valence-electron chi connectivity index (χ0n) is 34.3. The highest BCUT2D eigenvalue weighted by molar-refractivity contribution is 5.91. The molecule has 0 aliphatic carbocycles. The minimum Gasteiger partial charge on any atom is -0.439 e. The van der Waals surface area contributed by atoms with Crippen LogP contribution in [0.4, 0.5) is 26.3 Å². The zero-order valence-corrected chi connectivity index (χ0v) is 34.3. The maximum atomic E-state index is 12.6. The van der Waals surface area contributed by atoms with Gasteiger partial charge in [-0.05, 0) is 102 Å². The average Bonchev–Trinajstić information content (AvgIpc) is 4.08. The molecule has 0 spiro atoms. The van der Waals surface area contributed by atoms with E-state index in [0.29, 0.717) is 34.3 Å². The number of alkyl halides is 6. The Hall–Kier alpha value is -8.37. The summed E-state index contributed by atoms with van der Waals surface area (Å²) in [5.41, 5.74) is 8.70. The number of primary amides is 1. The fourth-order valence-electron chi connectivity index (χ4n) is 6.90. The monoisotopic (exact) mass is 898 g/mol. The van der Waals surface area contributed by atoms with Crippen molar-refractivity contribution in [2.45, 2.75) is 18.5 Å². The van der Waals surface area contributed by atoms with E-state index < -0.39 is 35.5 Å². The maximum Gasteiger partial charge on any atom is 0.417 e. The van der Waals surface area contributed by atoms with Gasteiger partial charge in [0.1, 0.15) is 11.5 Å². The van der Waals surface area contributed by atoms with Gasteiger partial charge in [-0.3, -0.25) is 4.79 Å². The van der Waals surface area contributed by atoms with Crippen molar-refractivity contribution >= 4 is 38.6 Å². The van der Waals surface area contributed by atoms with Gasteiger partial charge in [0.05, 0.1) is 22.2 Å². The van der Waals surface area contributed by atoms with Gasteiger partial charge in [0.25, 0.3) is 5.91 Å². The van der Waals surface area contributed by atoms with Crippen molar-refractivity contribution in [1.82, 2.24) is 24.1 Å². The Morgan fingerprint density at radius 3 is 1.64 bits per heavy atom. The molecule has 0 fully saturated rings. The van der Waals surface area contributed by atoms with Crippen LogP contribution < -0.4 is 15.2 Å². The summed E-state index contributed by atoms with van der Waals surface area (Å²) in [6, 6.07) is 45.8. The van der Waals surface area contributed by atoms with E-state index in [1.807, 2.05) is 79.1 Å². The number of carbonyl (C=O) groups is 1. The van der Waals surface area contributed by atoms with Gasteiger partial charge in [0.2, 0.25) is 11.8 Å². The number of aliphatic hydroxyl groups is 1. The minimum atomic E-state index is -4.46. The first-order chi connectivity index (χ1) is 31.7. The van der Waals surface area contributed by atoms with Crippen molar-refractivity contribution in [2.24, 2.45) is 5.73 Å². The van der Waals surface area contributed by atoms with Crippen molar-refractivity contribution in [3.05, 3.63) is 205 Å². The Morgan fingerprint density at radius 2 is 1.11 bits per heavy atom. The number of carbonyl (C=O) groups excluding carboxylic acids is 1. The molecule has 1 amide bonds. The molecule has 5 aromatic carbocycles.